The van der Waals surface area contributed by atoms with Crippen LogP contribution in [0.25, 0.3) is 11.0 Å². The van der Waals surface area contributed by atoms with E-state index in [1.165, 1.54) is 17.0 Å². The van der Waals surface area contributed by atoms with Crippen LogP contribution in [0.4, 0.5) is 5.95 Å². The van der Waals surface area contributed by atoms with Gasteiger partial charge in [-0.25, -0.2) is 17.7 Å². The predicted molar refractivity (Wildman–Crippen MR) is 109 cm³/mol. The quantitative estimate of drug-likeness (QED) is 0.837. The zero-order valence-corrected chi connectivity index (χ0v) is 17.0. The van der Waals surface area contributed by atoms with Crippen LogP contribution in [0.1, 0.15) is 51.0 Å². The lowest BCUT2D eigenvalue weighted by atomic mass is 9.95. The Morgan fingerprint density at radius 1 is 1.07 bits per heavy atom. The monoisotopic (exact) mass is 405 g/mol. The number of rotatable bonds is 4. The molecule has 2 fully saturated rings. The topological polar surface area (TPSA) is 97.2 Å². The predicted octanol–water partition coefficient (Wildman–Crippen LogP) is 2.13. The van der Waals surface area contributed by atoms with Gasteiger partial charge in [0.2, 0.25) is 16.0 Å². The Labute approximate surface area is 165 Å². The molecule has 8 nitrogen and oxygen atoms in total. The SMILES string of the molecule is CS(=O)(=O)N1CCC(Nc2ncc3ccc(=O)n(C4CCCCC4)c3n2)CC1. The van der Waals surface area contributed by atoms with Crippen LogP contribution in [0.2, 0.25) is 0 Å². The first-order valence-electron chi connectivity index (χ1n) is 10.0. The maximum absolute atomic E-state index is 12.6. The third-order valence-electron chi connectivity index (χ3n) is 5.86. The fourth-order valence-electron chi connectivity index (χ4n) is 4.31. The van der Waals surface area contributed by atoms with E-state index in [-0.39, 0.29) is 17.6 Å². The van der Waals surface area contributed by atoms with Gasteiger partial charge in [0.15, 0.2) is 0 Å². The van der Waals surface area contributed by atoms with Crippen LogP contribution in [0.5, 0.6) is 0 Å². The Hall–Kier alpha value is -2.00. The molecule has 2 aromatic rings. The third kappa shape index (κ3) is 4.05. The van der Waals surface area contributed by atoms with E-state index in [9.17, 15) is 13.2 Å². The standard InChI is InChI=1S/C19H27N5O3S/c1-28(26,27)23-11-9-15(10-12-23)21-19-20-13-14-7-8-17(25)24(18(14)22-19)16-5-3-2-4-6-16/h7-8,13,15-16H,2-6,9-12H2,1H3,(H,20,21,22). The summed E-state index contributed by atoms with van der Waals surface area (Å²) in [6, 6.07) is 3.71. The molecule has 0 unspecified atom stereocenters. The van der Waals surface area contributed by atoms with Gasteiger partial charge < -0.3 is 5.32 Å². The largest absolute Gasteiger partial charge is 0.351 e. The van der Waals surface area contributed by atoms with Crippen molar-refractivity contribution in [1.82, 2.24) is 18.8 Å². The molecular weight excluding hydrogens is 378 g/mol. The van der Waals surface area contributed by atoms with Gasteiger partial charge in [0, 0.05) is 42.8 Å². The van der Waals surface area contributed by atoms with Crippen molar-refractivity contribution in [2.45, 2.75) is 57.0 Å². The van der Waals surface area contributed by atoms with Gasteiger partial charge in [-0.05, 0) is 31.7 Å². The number of piperidine rings is 1. The van der Waals surface area contributed by atoms with Gasteiger partial charge in [0.25, 0.3) is 5.56 Å². The van der Waals surface area contributed by atoms with Crippen molar-refractivity contribution in [2.24, 2.45) is 0 Å². The lowest BCUT2D eigenvalue weighted by Crippen LogP contribution is -2.42. The highest BCUT2D eigenvalue weighted by atomic mass is 32.2. The summed E-state index contributed by atoms with van der Waals surface area (Å²) in [4.78, 5) is 21.7. The second-order valence-electron chi connectivity index (χ2n) is 7.89. The lowest BCUT2D eigenvalue weighted by molar-refractivity contribution is 0.331. The molecule has 1 saturated carbocycles. The number of nitrogens with one attached hydrogen (secondary N) is 1. The summed E-state index contributed by atoms with van der Waals surface area (Å²) >= 11 is 0. The molecule has 9 heteroatoms. The summed E-state index contributed by atoms with van der Waals surface area (Å²) in [5.74, 6) is 0.500. The molecule has 0 atom stereocenters. The first-order chi connectivity index (χ1) is 13.4. The number of anilines is 1. The van der Waals surface area contributed by atoms with Crippen molar-refractivity contribution in [3.63, 3.8) is 0 Å². The number of sulfonamides is 1. The van der Waals surface area contributed by atoms with Crippen molar-refractivity contribution in [2.75, 3.05) is 24.7 Å². The number of aromatic nitrogens is 3. The van der Waals surface area contributed by atoms with Crippen molar-refractivity contribution in [3.05, 3.63) is 28.7 Å². The zero-order valence-electron chi connectivity index (χ0n) is 16.2. The average Bonchev–Trinajstić information content (AvgIpc) is 2.68. The van der Waals surface area contributed by atoms with Crippen molar-refractivity contribution in [3.8, 4) is 0 Å². The molecule has 1 aliphatic heterocycles. The Morgan fingerprint density at radius 3 is 2.46 bits per heavy atom. The molecule has 1 N–H and O–H groups in total. The minimum absolute atomic E-state index is 0.00879. The summed E-state index contributed by atoms with van der Waals surface area (Å²) in [5, 5.41) is 4.20. The van der Waals surface area contributed by atoms with Crippen LogP contribution in [0.15, 0.2) is 23.1 Å². The number of pyridine rings is 1. The van der Waals surface area contributed by atoms with Crippen LogP contribution in [0.3, 0.4) is 0 Å². The second kappa shape index (κ2) is 7.79. The Morgan fingerprint density at radius 2 is 1.79 bits per heavy atom. The summed E-state index contributed by atoms with van der Waals surface area (Å²) in [6.45, 7) is 0.994. The van der Waals surface area contributed by atoms with Gasteiger partial charge in [-0.3, -0.25) is 9.36 Å². The normalized spacial score (nSPS) is 20.5. The molecular formula is C19H27N5O3S. The Kier molecular flexibility index (Phi) is 5.37. The third-order valence-corrected chi connectivity index (χ3v) is 7.17. The summed E-state index contributed by atoms with van der Waals surface area (Å²) in [6.07, 6.45) is 9.95. The number of fused-ring (bicyclic) bond motifs is 1. The van der Waals surface area contributed by atoms with Crippen molar-refractivity contribution in [1.29, 1.82) is 0 Å². The van der Waals surface area contributed by atoms with Crippen LogP contribution < -0.4 is 10.9 Å². The zero-order chi connectivity index (χ0) is 19.7. The highest BCUT2D eigenvalue weighted by Gasteiger charge is 2.25. The van der Waals surface area contributed by atoms with E-state index in [4.69, 9.17) is 0 Å². The second-order valence-corrected chi connectivity index (χ2v) is 9.87. The average molecular weight is 406 g/mol. The Balaban J connectivity index is 1.57. The molecule has 0 bridgehead atoms. The van der Waals surface area contributed by atoms with E-state index in [0.29, 0.717) is 37.5 Å². The van der Waals surface area contributed by atoms with E-state index >= 15 is 0 Å². The van der Waals surface area contributed by atoms with Gasteiger partial charge in [-0.2, -0.15) is 4.98 Å². The molecule has 1 saturated heterocycles. The maximum atomic E-state index is 12.6. The summed E-state index contributed by atoms with van der Waals surface area (Å²) < 4.78 is 26.7. The fourth-order valence-corrected chi connectivity index (χ4v) is 5.19. The molecule has 28 heavy (non-hydrogen) atoms. The van der Waals surface area contributed by atoms with Crippen LogP contribution in [0, 0.1) is 0 Å². The van der Waals surface area contributed by atoms with E-state index in [0.717, 1.165) is 31.1 Å². The molecule has 1 aliphatic carbocycles. The molecule has 2 aromatic heterocycles. The van der Waals surface area contributed by atoms with Crippen molar-refractivity contribution >= 4 is 27.0 Å². The van der Waals surface area contributed by atoms with Crippen LogP contribution in [-0.2, 0) is 10.0 Å². The number of nitrogens with zero attached hydrogens (tertiary/aromatic N) is 4. The van der Waals surface area contributed by atoms with Crippen LogP contribution in [-0.4, -0.2) is 52.6 Å². The van der Waals surface area contributed by atoms with Gasteiger partial charge in [-0.15, -0.1) is 0 Å². The smallest absolute Gasteiger partial charge is 0.252 e. The van der Waals surface area contributed by atoms with Gasteiger partial charge in [0.05, 0.1) is 6.26 Å². The molecule has 3 heterocycles. The molecule has 2 aliphatic rings. The van der Waals surface area contributed by atoms with E-state index in [1.807, 2.05) is 4.57 Å². The first-order valence-corrected chi connectivity index (χ1v) is 11.9. The van der Waals surface area contributed by atoms with Crippen molar-refractivity contribution < 1.29 is 8.42 Å². The number of hydrogen-bond donors (Lipinski definition) is 1. The highest BCUT2D eigenvalue weighted by molar-refractivity contribution is 7.88. The van der Waals surface area contributed by atoms with E-state index < -0.39 is 10.0 Å². The minimum Gasteiger partial charge on any atom is -0.351 e. The highest BCUT2D eigenvalue weighted by Crippen LogP contribution is 2.29. The lowest BCUT2D eigenvalue weighted by Gasteiger charge is -2.30. The maximum Gasteiger partial charge on any atom is 0.252 e. The fraction of sp³-hybridized carbons (Fsp3) is 0.632. The molecule has 0 spiro atoms. The Bertz CT molecular complexity index is 1010. The molecule has 0 aromatic carbocycles. The molecule has 0 radical (unpaired) electrons. The summed E-state index contributed by atoms with van der Waals surface area (Å²) in [5.41, 5.74) is 0.677. The van der Waals surface area contributed by atoms with Gasteiger partial charge in [0.1, 0.15) is 5.65 Å². The minimum atomic E-state index is -3.14. The molecule has 4 rings (SSSR count). The van der Waals surface area contributed by atoms with Gasteiger partial charge in [-0.1, -0.05) is 19.3 Å². The first kappa shape index (κ1) is 19.3. The van der Waals surface area contributed by atoms with Crippen LogP contribution >= 0.6 is 0 Å². The number of hydrogen-bond acceptors (Lipinski definition) is 6. The van der Waals surface area contributed by atoms with E-state index in [1.54, 1.807) is 18.3 Å². The van der Waals surface area contributed by atoms with E-state index in [2.05, 4.69) is 15.3 Å². The molecule has 152 valence electrons. The van der Waals surface area contributed by atoms with Gasteiger partial charge >= 0.3 is 0 Å². The molecule has 0 amide bonds. The summed E-state index contributed by atoms with van der Waals surface area (Å²) in [7, 11) is -3.14.